The van der Waals surface area contributed by atoms with Gasteiger partial charge < -0.3 is 25.2 Å². The molecule has 0 bridgehead atoms. The first-order valence-corrected chi connectivity index (χ1v) is 21.2. The summed E-state index contributed by atoms with van der Waals surface area (Å²) in [4.78, 5) is 74.7. The van der Waals surface area contributed by atoms with Gasteiger partial charge in [0.1, 0.15) is 17.4 Å². The van der Waals surface area contributed by atoms with Crippen LogP contribution in [0, 0.1) is 5.92 Å². The molecular weight excluding hydrogens is 793 g/mol. The average Bonchev–Trinajstić information content (AvgIpc) is 3.96. The topological polar surface area (TPSA) is 188 Å². The number of carbonyl (C=O) groups is 5. The first-order valence-electron chi connectivity index (χ1n) is 21.2. The van der Waals surface area contributed by atoms with Crippen LogP contribution in [0.4, 0.5) is 26.0 Å². The Morgan fingerprint density at radius 1 is 0.967 bits per heavy atom. The van der Waals surface area contributed by atoms with Crippen molar-refractivity contribution in [3.63, 3.8) is 0 Å². The Hall–Kier alpha value is -5.82. The SMILES string of the molecule is CN(C[C@H]1CC[C@H](n2cc(NC(=O)c3cnn4ccc(N5CCOCC5)nc34)c(C(F)F)n2)CC1)[C@H]1CC[C@@H](Nc2cccc3c2C(=O)N(C2CCC(=O)NC2=O)C3=O)CC1. The van der Waals surface area contributed by atoms with Crippen LogP contribution >= 0.6 is 0 Å². The van der Waals surface area contributed by atoms with Crippen molar-refractivity contribution in [3.05, 3.63) is 65.2 Å². The first kappa shape index (κ1) is 40.6. The molecule has 5 aliphatic rings. The van der Waals surface area contributed by atoms with Crippen LogP contribution in [-0.2, 0) is 14.3 Å². The molecule has 6 heterocycles. The largest absolute Gasteiger partial charge is 0.382 e. The lowest BCUT2D eigenvalue weighted by atomic mass is 9.84. The summed E-state index contributed by atoms with van der Waals surface area (Å²) in [7, 11) is 2.16. The predicted octanol–water partition coefficient (Wildman–Crippen LogP) is 4.44. The standard InChI is InChI=1S/C42H49F2N11O6/c1-51(26-11-7-25(8-12-26)46-30-4-2-3-28-35(30)42(60)55(41(28)59)32-13-14-34(56)49-40(32)58)22-24-5-9-27(10-6-24)54-23-31(36(50-54)37(43)44)47-39(57)29-21-45-53-16-15-33(48-38(29)53)52-17-19-61-20-18-52/h2-4,15-16,21,23-27,32,37,46H,5-14,17-20,22H2,1H3,(H,47,57)(H,49,56,58)/t24-,25-,26+,27-,32?. The summed E-state index contributed by atoms with van der Waals surface area (Å²) in [6.45, 7) is 3.40. The number of alkyl halides is 2. The van der Waals surface area contributed by atoms with Crippen LogP contribution in [0.1, 0.15) is 113 Å². The third-order valence-electron chi connectivity index (χ3n) is 13.0. The number of carbonyl (C=O) groups excluding carboxylic acids is 5. The van der Waals surface area contributed by atoms with Gasteiger partial charge in [0.25, 0.3) is 24.1 Å². The summed E-state index contributed by atoms with van der Waals surface area (Å²) in [5.74, 6) is -1.56. The van der Waals surface area contributed by atoms with Crippen molar-refractivity contribution in [2.75, 3.05) is 55.4 Å². The van der Waals surface area contributed by atoms with E-state index in [2.05, 4.69) is 48.0 Å². The van der Waals surface area contributed by atoms with Crippen molar-refractivity contribution in [2.45, 2.75) is 94.8 Å². The highest BCUT2D eigenvalue weighted by Crippen LogP contribution is 2.38. The Balaban J connectivity index is 0.767. The van der Waals surface area contributed by atoms with Gasteiger partial charge in [-0.2, -0.15) is 10.2 Å². The number of ether oxygens (including phenoxy) is 1. The van der Waals surface area contributed by atoms with Gasteiger partial charge in [0.2, 0.25) is 11.8 Å². The Bertz CT molecular complexity index is 2350. The molecule has 1 unspecified atom stereocenters. The number of hydrogen-bond acceptors (Lipinski definition) is 12. The van der Waals surface area contributed by atoms with E-state index in [1.54, 1.807) is 29.1 Å². The van der Waals surface area contributed by atoms with E-state index < -0.39 is 47.7 Å². The lowest BCUT2D eigenvalue weighted by Crippen LogP contribution is -2.54. The number of morpholine rings is 1. The highest BCUT2D eigenvalue weighted by atomic mass is 19.3. The van der Waals surface area contributed by atoms with Crippen molar-refractivity contribution >= 4 is 52.4 Å². The van der Waals surface area contributed by atoms with Crippen molar-refractivity contribution < 1.29 is 37.5 Å². The summed E-state index contributed by atoms with van der Waals surface area (Å²) < 4.78 is 37.1. The highest BCUT2D eigenvalue weighted by Gasteiger charge is 2.46. The molecule has 0 radical (unpaired) electrons. The lowest BCUT2D eigenvalue weighted by molar-refractivity contribution is -0.136. The van der Waals surface area contributed by atoms with Crippen LogP contribution in [0.25, 0.3) is 5.65 Å². The third kappa shape index (κ3) is 8.07. The number of halogens is 2. The average molecular weight is 842 g/mol. The maximum atomic E-state index is 14.3. The van der Waals surface area contributed by atoms with Crippen LogP contribution in [0.5, 0.6) is 0 Å². The number of imide groups is 2. The van der Waals surface area contributed by atoms with Gasteiger partial charge in [-0.15, -0.1) is 0 Å². The van der Waals surface area contributed by atoms with Gasteiger partial charge in [-0.05, 0) is 89.0 Å². The van der Waals surface area contributed by atoms with E-state index in [4.69, 9.17) is 4.74 Å². The van der Waals surface area contributed by atoms with Crippen LogP contribution in [0.2, 0.25) is 0 Å². The number of nitrogens with one attached hydrogen (secondary N) is 3. The first-order chi connectivity index (χ1) is 29.5. The van der Waals surface area contributed by atoms with Crippen LogP contribution < -0.4 is 20.9 Å². The molecule has 3 aromatic heterocycles. The minimum Gasteiger partial charge on any atom is -0.382 e. The summed E-state index contributed by atoms with van der Waals surface area (Å²) in [5.41, 5.74) is 1.11. The Kier molecular flexibility index (Phi) is 11.3. The molecule has 1 aromatic carbocycles. The molecular formula is C42H49F2N11O6. The molecule has 3 N–H and O–H groups in total. The van der Waals surface area contributed by atoms with E-state index in [1.807, 2.05) is 6.07 Å². The van der Waals surface area contributed by atoms with Gasteiger partial charge in [0.05, 0.1) is 42.3 Å². The van der Waals surface area contributed by atoms with Gasteiger partial charge >= 0.3 is 0 Å². The van der Waals surface area contributed by atoms with Crippen molar-refractivity contribution in [1.82, 2.24) is 39.5 Å². The molecule has 17 nitrogen and oxygen atoms in total. The summed E-state index contributed by atoms with van der Waals surface area (Å²) in [6.07, 6.45) is 8.95. The Labute approximate surface area is 350 Å². The van der Waals surface area contributed by atoms with E-state index >= 15 is 0 Å². The van der Waals surface area contributed by atoms with Crippen LogP contribution in [-0.4, -0.2) is 122 Å². The number of benzene rings is 1. The van der Waals surface area contributed by atoms with E-state index in [0.717, 1.165) is 62.8 Å². The molecule has 19 heteroatoms. The van der Waals surface area contributed by atoms with E-state index in [-0.39, 0.29) is 47.3 Å². The van der Waals surface area contributed by atoms with E-state index in [0.29, 0.717) is 55.4 Å². The molecule has 4 fully saturated rings. The number of rotatable bonds is 11. The molecule has 5 amide bonds. The minimum atomic E-state index is -2.88. The number of piperidine rings is 1. The number of aromatic nitrogens is 5. The van der Waals surface area contributed by atoms with Crippen LogP contribution in [0.3, 0.4) is 0 Å². The zero-order valence-corrected chi connectivity index (χ0v) is 33.9. The quantitative estimate of drug-likeness (QED) is 0.181. The fraction of sp³-hybridized carbons (Fsp3) is 0.524. The maximum Gasteiger partial charge on any atom is 0.284 e. The Morgan fingerprint density at radius 3 is 2.48 bits per heavy atom. The molecule has 2 saturated heterocycles. The maximum absolute atomic E-state index is 14.3. The number of hydrogen-bond donors (Lipinski definition) is 3. The summed E-state index contributed by atoms with van der Waals surface area (Å²) >= 11 is 0. The molecule has 4 aromatic rings. The predicted molar refractivity (Wildman–Crippen MR) is 218 cm³/mol. The van der Waals surface area contributed by atoms with Crippen molar-refractivity contribution in [1.29, 1.82) is 0 Å². The second-order valence-corrected chi connectivity index (χ2v) is 16.8. The number of nitrogens with zero attached hydrogens (tertiary/aromatic N) is 8. The van der Waals surface area contributed by atoms with E-state index in [9.17, 15) is 32.8 Å². The van der Waals surface area contributed by atoms with Crippen LogP contribution in [0.15, 0.2) is 42.9 Å². The zero-order valence-electron chi connectivity index (χ0n) is 33.9. The second kappa shape index (κ2) is 16.9. The number of amides is 5. The highest BCUT2D eigenvalue weighted by molar-refractivity contribution is 6.25. The summed E-state index contributed by atoms with van der Waals surface area (Å²) in [5, 5.41) is 17.0. The molecule has 61 heavy (non-hydrogen) atoms. The monoisotopic (exact) mass is 841 g/mol. The van der Waals surface area contributed by atoms with E-state index in [1.165, 1.54) is 16.9 Å². The lowest BCUT2D eigenvalue weighted by Gasteiger charge is -2.38. The molecule has 0 spiro atoms. The smallest absolute Gasteiger partial charge is 0.284 e. The van der Waals surface area contributed by atoms with Crippen molar-refractivity contribution in [2.24, 2.45) is 5.92 Å². The fourth-order valence-electron chi connectivity index (χ4n) is 9.69. The molecule has 3 aliphatic heterocycles. The third-order valence-corrected chi connectivity index (χ3v) is 13.0. The molecule has 9 rings (SSSR count). The second-order valence-electron chi connectivity index (χ2n) is 16.8. The number of fused-ring (bicyclic) bond motifs is 2. The van der Waals surface area contributed by atoms with Gasteiger partial charge in [0, 0.05) is 56.2 Å². The van der Waals surface area contributed by atoms with Crippen molar-refractivity contribution in [3.8, 4) is 0 Å². The molecule has 2 aliphatic carbocycles. The Morgan fingerprint density at radius 2 is 1.74 bits per heavy atom. The minimum absolute atomic E-state index is 0.0263. The van der Waals surface area contributed by atoms with Gasteiger partial charge in [0.15, 0.2) is 11.3 Å². The summed E-state index contributed by atoms with van der Waals surface area (Å²) in [6, 6.07) is 6.35. The molecule has 2 saturated carbocycles. The zero-order chi connectivity index (χ0) is 42.4. The van der Waals surface area contributed by atoms with Gasteiger partial charge in [-0.1, -0.05) is 6.07 Å². The van der Waals surface area contributed by atoms with Gasteiger partial charge in [-0.25, -0.2) is 18.3 Å². The fourth-order valence-corrected chi connectivity index (χ4v) is 9.69. The number of anilines is 3. The molecule has 1 atom stereocenters. The normalized spacial score (nSPS) is 24.8. The molecule has 322 valence electrons. The van der Waals surface area contributed by atoms with Gasteiger partial charge in [-0.3, -0.25) is 38.9 Å².